The molecule has 0 saturated carbocycles. The van der Waals surface area contributed by atoms with Crippen molar-refractivity contribution >= 4 is 22.8 Å². The number of nitrogens with one attached hydrogen (secondary N) is 1. The second-order valence-corrected chi connectivity index (χ2v) is 6.63. The van der Waals surface area contributed by atoms with E-state index >= 15 is 0 Å². The van der Waals surface area contributed by atoms with Crippen LogP contribution in [0, 0.1) is 6.92 Å². The van der Waals surface area contributed by atoms with Crippen molar-refractivity contribution < 1.29 is 14.3 Å². The number of carbonyl (C=O) groups excluding carboxylic acids is 1. The number of methoxy groups -OCH3 is 2. The van der Waals surface area contributed by atoms with Crippen molar-refractivity contribution in [3.63, 3.8) is 0 Å². The van der Waals surface area contributed by atoms with Crippen molar-refractivity contribution in [2.45, 2.75) is 19.8 Å². The van der Waals surface area contributed by atoms with Crippen LogP contribution in [0.1, 0.15) is 33.6 Å². The number of aromatic amines is 1. The number of allylic oxidation sites excluding steroid dienone is 1. The van der Waals surface area contributed by atoms with E-state index in [9.17, 15) is 4.79 Å². The monoisotopic (exact) mass is 347 g/mol. The van der Waals surface area contributed by atoms with Gasteiger partial charge in [0.1, 0.15) is 11.5 Å². The number of aryl methyl sites for hydroxylation is 2. The number of benzene rings is 2. The average Bonchev–Trinajstić information content (AvgIpc) is 3.02. The van der Waals surface area contributed by atoms with E-state index in [4.69, 9.17) is 9.47 Å². The van der Waals surface area contributed by atoms with Crippen LogP contribution in [0.5, 0.6) is 11.5 Å². The Kier molecular flexibility index (Phi) is 4.03. The summed E-state index contributed by atoms with van der Waals surface area (Å²) < 4.78 is 10.7. The van der Waals surface area contributed by atoms with Crippen LogP contribution >= 0.6 is 0 Å². The van der Waals surface area contributed by atoms with Crippen LogP contribution in [0.2, 0.25) is 0 Å². The van der Waals surface area contributed by atoms with Gasteiger partial charge in [0, 0.05) is 22.0 Å². The highest BCUT2D eigenvalue weighted by Crippen LogP contribution is 2.34. The van der Waals surface area contributed by atoms with Crippen LogP contribution < -0.4 is 9.47 Å². The standard InChI is InChI=1S/C22H21NO3/c1-13-4-8-19-18(10-13)17-7-5-14(22(24)21(17)23-19)11-15-12-16(25-2)6-9-20(15)26-3/h4,6,8-12,23H,5,7H2,1-3H3/b14-11+. The van der Waals surface area contributed by atoms with E-state index in [1.54, 1.807) is 14.2 Å². The number of ether oxygens (including phenoxy) is 2. The molecule has 1 heterocycles. The van der Waals surface area contributed by atoms with E-state index in [2.05, 4.69) is 24.0 Å². The first-order valence-corrected chi connectivity index (χ1v) is 8.69. The number of rotatable bonds is 3. The first-order valence-electron chi connectivity index (χ1n) is 8.69. The Morgan fingerprint density at radius 1 is 1.04 bits per heavy atom. The third kappa shape index (κ3) is 2.68. The largest absolute Gasteiger partial charge is 0.497 e. The van der Waals surface area contributed by atoms with Gasteiger partial charge in [0.05, 0.1) is 19.9 Å². The van der Waals surface area contributed by atoms with Gasteiger partial charge in [-0.15, -0.1) is 0 Å². The molecule has 4 rings (SSSR count). The second-order valence-electron chi connectivity index (χ2n) is 6.63. The predicted octanol–water partition coefficient (Wildman–Crippen LogP) is 4.71. The van der Waals surface area contributed by atoms with Crippen molar-refractivity contribution in [3.05, 3.63) is 64.4 Å². The summed E-state index contributed by atoms with van der Waals surface area (Å²) in [4.78, 5) is 16.4. The van der Waals surface area contributed by atoms with Crippen molar-refractivity contribution in [3.8, 4) is 11.5 Å². The van der Waals surface area contributed by atoms with E-state index in [-0.39, 0.29) is 5.78 Å². The predicted molar refractivity (Wildman–Crippen MR) is 103 cm³/mol. The molecule has 0 aliphatic heterocycles. The summed E-state index contributed by atoms with van der Waals surface area (Å²) in [7, 11) is 3.26. The van der Waals surface area contributed by atoms with Gasteiger partial charge in [0.2, 0.25) is 5.78 Å². The number of Topliss-reactive ketones (excluding diaryl/α,β-unsaturated/α-hetero) is 1. The molecule has 4 heteroatoms. The zero-order valence-corrected chi connectivity index (χ0v) is 15.2. The minimum absolute atomic E-state index is 0.0602. The molecule has 4 nitrogen and oxygen atoms in total. The van der Waals surface area contributed by atoms with E-state index in [0.717, 1.165) is 45.5 Å². The van der Waals surface area contributed by atoms with Gasteiger partial charge in [-0.25, -0.2) is 0 Å². The van der Waals surface area contributed by atoms with Crippen molar-refractivity contribution in [2.24, 2.45) is 0 Å². The highest BCUT2D eigenvalue weighted by Gasteiger charge is 2.26. The van der Waals surface area contributed by atoms with Gasteiger partial charge in [-0.3, -0.25) is 4.79 Å². The fourth-order valence-corrected chi connectivity index (χ4v) is 3.63. The molecule has 1 aromatic heterocycles. The van der Waals surface area contributed by atoms with Gasteiger partial charge in [-0.05, 0) is 61.7 Å². The maximum absolute atomic E-state index is 13.1. The van der Waals surface area contributed by atoms with Gasteiger partial charge >= 0.3 is 0 Å². The lowest BCUT2D eigenvalue weighted by Crippen LogP contribution is -2.13. The van der Waals surface area contributed by atoms with Gasteiger partial charge in [-0.1, -0.05) is 11.6 Å². The highest BCUT2D eigenvalue weighted by molar-refractivity contribution is 6.15. The number of hydrogen-bond acceptors (Lipinski definition) is 3. The Balaban J connectivity index is 1.78. The first-order chi connectivity index (χ1) is 12.6. The topological polar surface area (TPSA) is 51.3 Å². The summed E-state index contributed by atoms with van der Waals surface area (Å²) in [5.74, 6) is 1.52. The molecule has 0 radical (unpaired) electrons. The molecular formula is C22H21NO3. The van der Waals surface area contributed by atoms with Crippen LogP contribution in [0.25, 0.3) is 17.0 Å². The Hall–Kier alpha value is -3.01. The third-order valence-electron chi connectivity index (χ3n) is 4.99. The van der Waals surface area contributed by atoms with E-state index < -0.39 is 0 Å². The number of carbonyl (C=O) groups is 1. The molecule has 0 atom stereocenters. The van der Waals surface area contributed by atoms with Crippen molar-refractivity contribution in [2.75, 3.05) is 14.2 Å². The Bertz CT molecular complexity index is 1040. The molecule has 3 aromatic rings. The zero-order valence-electron chi connectivity index (χ0n) is 15.2. The third-order valence-corrected chi connectivity index (χ3v) is 4.99. The van der Waals surface area contributed by atoms with Crippen LogP contribution in [-0.2, 0) is 6.42 Å². The molecule has 2 aromatic carbocycles. The zero-order chi connectivity index (χ0) is 18.3. The van der Waals surface area contributed by atoms with E-state index in [0.29, 0.717) is 12.1 Å². The molecule has 0 unspecified atom stereocenters. The van der Waals surface area contributed by atoms with Crippen molar-refractivity contribution in [1.29, 1.82) is 0 Å². The number of fused-ring (bicyclic) bond motifs is 3. The first kappa shape index (κ1) is 16.5. The van der Waals surface area contributed by atoms with Gasteiger partial charge in [0.25, 0.3) is 0 Å². The molecule has 1 N–H and O–H groups in total. The Morgan fingerprint density at radius 3 is 2.65 bits per heavy atom. The highest BCUT2D eigenvalue weighted by atomic mass is 16.5. The molecule has 132 valence electrons. The second kappa shape index (κ2) is 6.37. The van der Waals surface area contributed by atoms with Crippen LogP contribution in [0.15, 0.2) is 42.0 Å². The number of ketones is 1. The van der Waals surface area contributed by atoms with Crippen LogP contribution in [0.4, 0.5) is 0 Å². The van der Waals surface area contributed by atoms with Gasteiger partial charge in [-0.2, -0.15) is 0 Å². The lowest BCUT2D eigenvalue weighted by Gasteiger charge is -2.15. The van der Waals surface area contributed by atoms with Gasteiger partial charge < -0.3 is 14.5 Å². The fraction of sp³-hybridized carbons (Fsp3) is 0.227. The summed E-state index contributed by atoms with van der Waals surface area (Å²) in [6.07, 6.45) is 3.49. The summed E-state index contributed by atoms with van der Waals surface area (Å²) >= 11 is 0. The maximum atomic E-state index is 13.1. The number of H-pyrrole nitrogens is 1. The number of aromatic nitrogens is 1. The lowest BCUT2D eigenvalue weighted by atomic mass is 9.89. The molecular weight excluding hydrogens is 326 g/mol. The van der Waals surface area contributed by atoms with E-state index in [1.165, 1.54) is 5.56 Å². The van der Waals surface area contributed by atoms with Crippen LogP contribution in [0.3, 0.4) is 0 Å². The van der Waals surface area contributed by atoms with Crippen LogP contribution in [-0.4, -0.2) is 25.0 Å². The smallest absolute Gasteiger partial charge is 0.205 e. The quantitative estimate of drug-likeness (QED) is 0.698. The SMILES string of the molecule is COc1ccc(OC)c(/C=C2\CCc3c([nH]c4ccc(C)cc34)C2=O)c1. The molecule has 0 saturated heterocycles. The molecule has 0 fully saturated rings. The molecule has 1 aliphatic carbocycles. The summed E-state index contributed by atoms with van der Waals surface area (Å²) in [6.45, 7) is 2.07. The summed E-state index contributed by atoms with van der Waals surface area (Å²) in [5, 5.41) is 1.16. The molecule has 0 bridgehead atoms. The average molecular weight is 347 g/mol. The molecule has 26 heavy (non-hydrogen) atoms. The Morgan fingerprint density at radius 2 is 1.88 bits per heavy atom. The lowest BCUT2D eigenvalue weighted by molar-refractivity contribution is 0.102. The minimum atomic E-state index is 0.0602. The summed E-state index contributed by atoms with van der Waals surface area (Å²) in [5.41, 5.74) is 5.70. The maximum Gasteiger partial charge on any atom is 0.205 e. The Labute approximate surface area is 152 Å². The molecule has 0 amide bonds. The normalized spacial score (nSPS) is 15.3. The van der Waals surface area contributed by atoms with Gasteiger partial charge in [0.15, 0.2) is 0 Å². The minimum Gasteiger partial charge on any atom is -0.497 e. The van der Waals surface area contributed by atoms with E-state index in [1.807, 2.05) is 30.3 Å². The van der Waals surface area contributed by atoms with Crippen molar-refractivity contribution in [1.82, 2.24) is 4.98 Å². The molecule has 0 spiro atoms. The summed E-state index contributed by atoms with van der Waals surface area (Å²) in [6, 6.07) is 11.9. The fourth-order valence-electron chi connectivity index (χ4n) is 3.63. The molecule has 1 aliphatic rings. The number of hydrogen-bond donors (Lipinski definition) is 1.